The third kappa shape index (κ3) is 3.89. The fourth-order valence-corrected chi connectivity index (χ4v) is 6.19. The molecule has 3 N–H and O–H groups in total. The number of carbonyl (C=O) groups is 1. The molecule has 3 heterocycles. The number of anilines is 1. The third-order valence-corrected chi connectivity index (χ3v) is 7.91. The Morgan fingerprint density at radius 2 is 1.89 bits per heavy atom. The van der Waals surface area contributed by atoms with E-state index in [9.17, 15) is 15.2 Å². The van der Waals surface area contributed by atoms with Crippen molar-refractivity contribution in [1.29, 1.82) is 5.26 Å². The van der Waals surface area contributed by atoms with Crippen LogP contribution < -0.4 is 5.32 Å². The van der Waals surface area contributed by atoms with E-state index < -0.39 is 23.7 Å². The van der Waals surface area contributed by atoms with Gasteiger partial charge in [-0.1, -0.05) is 41.9 Å². The van der Waals surface area contributed by atoms with Gasteiger partial charge in [0.1, 0.15) is 16.7 Å². The molecule has 2 unspecified atom stereocenters. The predicted molar refractivity (Wildman–Crippen MR) is 136 cm³/mol. The van der Waals surface area contributed by atoms with Gasteiger partial charge in [-0.2, -0.15) is 5.26 Å². The second-order valence-electron chi connectivity index (χ2n) is 9.65. The molecule has 3 aliphatic rings. The number of aromatic nitrogens is 4. The van der Waals surface area contributed by atoms with Crippen molar-refractivity contribution >= 4 is 34.6 Å². The first-order valence-electron chi connectivity index (χ1n) is 12.1. The Hall–Kier alpha value is -4.03. The highest BCUT2D eigenvalue weighted by atomic mass is 35.5. The molecule has 3 aliphatic carbocycles. The van der Waals surface area contributed by atoms with Crippen LogP contribution in [0.5, 0.6) is 0 Å². The zero-order valence-corrected chi connectivity index (χ0v) is 20.3. The van der Waals surface area contributed by atoms with Crippen molar-refractivity contribution in [3.63, 3.8) is 0 Å². The lowest BCUT2D eigenvalue weighted by molar-refractivity contribution is -0.148. The standard InChI is InChI=1S/C27H22ClFN6O2/c28-18-12-32-26-24(33-18)17(11-31-26)23-16(10-30)19(13-4-2-1-3-5-13)21(29)25(35-23)34-22-15-8-6-14(7-9-15)20(22)27(36)37/h1-5,11-12,14-15,20,22H,6-9H2,(H,31,32)(H,34,35)(H,36,37). The van der Waals surface area contributed by atoms with E-state index in [4.69, 9.17) is 11.6 Å². The summed E-state index contributed by atoms with van der Waals surface area (Å²) in [6.45, 7) is 0. The molecule has 0 amide bonds. The molecule has 0 radical (unpaired) electrons. The molecule has 1 aromatic carbocycles. The Labute approximate surface area is 216 Å². The van der Waals surface area contributed by atoms with Crippen molar-refractivity contribution in [2.24, 2.45) is 17.8 Å². The summed E-state index contributed by atoms with van der Waals surface area (Å²) >= 11 is 6.10. The van der Waals surface area contributed by atoms with Crippen molar-refractivity contribution in [1.82, 2.24) is 19.9 Å². The monoisotopic (exact) mass is 516 g/mol. The van der Waals surface area contributed by atoms with Crippen LogP contribution in [0.3, 0.4) is 0 Å². The van der Waals surface area contributed by atoms with E-state index in [1.54, 1.807) is 30.5 Å². The van der Waals surface area contributed by atoms with Crippen LogP contribution in [0.25, 0.3) is 33.5 Å². The Bertz CT molecular complexity index is 1560. The molecule has 0 aliphatic heterocycles. The van der Waals surface area contributed by atoms with Gasteiger partial charge in [0.25, 0.3) is 0 Å². The smallest absolute Gasteiger partial charge is 0.308 e. The van der Waals surface area contributed by atoms with Crippen LogP contribution in [0, 0.1) is 34.9 Å². The molecule has 3 saturated carbocycles. The van der Waals surface area contributed by atoms with Crippen molar-refractivity contribution in [2.75, 3.05) is 5.32 Å². The van der Waals surface area contributed by atoms with Gasteiger partial charge in [0.2, 0.25) is 0 Å². The number of halogens is 2. The number of fused-ring (bicyclic) bond motifs is 4. The van der Waals surface area contributed by atoms with Gasteiger partial charge in [0.15, 0.2) is 17.3 Å². The van der Waals surface area contributed by atoms with Crippen molar-refractivity contribution in [2.45, 2.75) is 31.7 Å². The minimum Gasteiger partial charge on any atom is -0.481 e. The summed E-state index contributed by atoms with van der Waals surface area (Å²) in [5, 5.41) is 23.6. The third-order valence-electron chi connectivity index (χ3n) is 7.73. The Morgan fingerprint density at radius 3 is 2.59 bits per heavy atom. The van der Waals surface area contributed by atoms with E-state index in [1.165, 1.54) is 6.20 Å². The molecule has 3 aromatic heterocycles. The number of H-pyrrole nitrogens is 1. The zero-order valence-electron chi connectivity index (χ0n) is 19.6. The highest BCUT2D eigenvalue weighted by molar-refractivity contribution is 6.29. The first-order chi connectivity index (χ1) is 18.0. The average molecular weight is 517 g/mol. The first kappa shape index (κ1) is 23.4. The van der Waals surface area contributed by atoms with Crippen LogP contribution >= 0.6 is 11.6 Å². The highest BCUT2D eigenvalue weighted by Gasteiger charge is 2.47. The molecule has 186 valence electrons. The number of nitrogens with one attached hydrogen (secondary N) is 2. The summed E-state index contributed by atoms with van der Waals surface area (Å²) in [5.41, 5.74) is 2.13. The quantitative estimate of drug-likeness (QED) is 0.312. The molecule has 8 nitrogen and oxygen atoms in total. The maximum absolute atomic E-state index is 16.3. The largest absolute Gasteiger partial charge is 0.481 e. The first-order valence-corrected chi connectivity index (χ1v) is 12.5. The fraction of sp³-hybridized carbons (Fsp3) is 0.296. The lowest BCUT2D eigenvalue weighted by Gasteiger charge is -2.47. The maximum atomic E-state index is 16.3. The molecular formula is C27H22ClFN6O2. The number of benzene rings is 1. The van der Waals surface area contributed by atoms with Crippen LogP contribution in [-0.2, 0) is 4.79 Å². The molecule has 7 rings (SSSR count). The van der Waals surface area contributed by atoms with Gasteiger partial charge in [-0.15, -0.1) is 0 Å². The number of aromatic amines is 1. The van der Waals surface area contributed by atoms with Crippen molar-refractivity contribution in [3.8, 4) is 28.5 Å². The van der Waals surface area contributed by atoms with E-state index in [-0.39, 0.29) is 39.6 Å². The summed E-state index contributed by atoms with van der Waals surface area (Å²) in [5.74, 6) is -2.15. The topological polar surface area (TPSA) is 128 Å². The summed E-state index contributed by atoms with van der Waals surface area (Å²) in [7, 11) is 0. The number of pyridine rings is 1. The van der Waals surface area contributed by atoms with Gasteiger partial charge in [-0.05, 0) is 43.1 Å². The number of hydrogen-bond donors (Lipinski definition) is 3. The van der Waals surface area contributed by atoms with Crippen LogP contribution in [0.4, 0.5) is 10.2 Å². The van der Waals surface area contributed by atoms with Gasteiger partial charge in [0, 0.05) is 23.4 Å². The summed E-state index contributed by atoms with van der Waals surface area (Å²) in [6, 6.07) is 10.5. The van der Waals surface area contributed by atoms with Crippen LogP contribution in [0.2, 0.25) is 5.15 Å². The van der Waals surface area contributed by atoms with Gasteiger partial charge in [-0.3, -0.25) is 4.79 Å². The van der Waals surface area contributed by atoms with E-state index in [0.717, 1.165) is 25.7 Å². The second-order valence-corrected chi connectivity index (χ2v) is 10.0. The van der Waals surface area contributed by atoms with E-state index >= 15 is 4.39 Å². The second kappa shape index (κ2) is 9.12. The minimum atomic E-state index is -0.883. The van der Waals surface area contributed by atoms with Gasteiger partial charge >= 0.3 is 5.97 Å². The van der Waals surface area contributed by atoms with Crippen LogP contribution in [0.15, 0.2) is 42.7 Å². The fourth-order valence-electron chi connectivity index (χ4n) is 6.06. The SMILES string of the molecule is N#Cc1c(-c2c[nH]c3ncc(Cl)nc23)nc(NC2C3CCC(CC3)C2C(=O)O)c(F)c1-c1ccccc1. The number of rotatable bonds is 5. The van der Waals surface area contributed by atoms with E-state index in [1.807, 2.05) is 6.07 Å². The van der Waals surface area contributed by atoms with E-state index in [0.29, 0.717) is 22.3 Å². The lowest BCUT2D eigenvalue weighted by Crippen LogP contribution is -2.51. The Kier molecular flexibility index (Phi) is 5.76. The highest BCUT2D eigenvalue weighted by Crippen LogP contribution is 2.47. The number of nitrogens with zero attached hydrogens (tertiary/aromatic N) is 4. The average Bonchev–Trinajstić information content (AvgIpc) is 3.33. The molecule has 4 aromatic rings. The summed E-state index contributed by atoms with van der Waals surface area (Å²) in [4.78, 5) is 28.4. The molecule has 2 bridgehead atoms. The summed E-state index contributed by atoms with van der Waals surface area (Å²) < 4.78 is 16.3. The molecule has 37 heavy (non-hydrogen) atoms. The number of aliphatic carboxylic acids is 1. The van der Waals surface area contributed by atoms with E-state index in [2.05, 4.69) is 31.3 Å². The molecule has 2 atom stereocenters. The predicted octanol–water partition coefficient (Wildman–Crippen LogP) is 5.65. The van der Waals surface area contributed by atoms with Crippen LogP contribution in [0.1, 0.15) is 31.2 Å². The number of nitriles is 1. The van der Waals surface area contributed by atoms with Gasteiger partial charge in [0.05, 0.1) is 23.4 Å². The van der Waals surface area contributed by atoms with Crippen molar-refractivity contribution in [3.05, 3.63) is 59.3 Å². The van der Waals surface area contributed by atoms with Gasteiger partial charge in [-0.25, -0.2) is 19.3 Å². The molecule has 0 saturated heterocycles. The number of hydrogen-bond acceptors (Lipinski definition) is 6. The molecule has 3 fully saturated rings. The molecular weight excluding hydrogens is 495 g/mol. The normalized spacial score (nSPS) is 22.6. The van der Waals surface area contributed by atoms with Gasteiger partial charge < -0.3 is 15.4 Å². The molecule has 10 heteroatoms. The summed E-state index contributed by atoms with van der Waals surface area (Å²) in [6.07, 6.45) is 6.51. The van der Waals surface area contributed by atoms with Crippen LogP contribution in [-0.4, -0.2) is 37.1 Å². The Morgan fingerprint density at radius 1 is 1.16 bits per heavy atom. The Balaban J connectivity index is 1.57. The molecule has 0 spiro atoms. The zero-order chi connectivity index (χ0) is 25.7. The number of carboxylic acid groups (broad SMARTS) is 1. The maximum Gasteiger partial charge on any atom is 0.308 e. The minimum absolute atomic E-state index is 0.0388. The number of carboxylic acids is 1. The lowest BCUT2D eigenvalue weighted by atomic mass is 9.61. The van der Waals surface area contributed by atoms with Crippen molar-refractivity contribution < 1.29 is 14.3 Å².